The van der Waals surface area contributed by atoms with E-state index in [1.54, 1.807) is 12.1 Å². The third kappa shape index (κ3) is 3.14. The highest BCUT2D eigenvalue weighted by molar-refractivity contribution is 9.10. The van der Waals surface area contributed by atoms with E-state index in [2.05, 4.69) is 15.9 Å². The third-order valence-corrected chi connectivity index (χ3v) is 6.17. The maximum Gasteiger partial charge on any atom is 0.264 e. The number of rotatable bonds is 4. The Bertz CT molecular complexity index is 739. The highest BCUT2D eigenvalue weighted by Gasteiger charge is 2.24. The molecule has 2 aromatic carbocycles. The van der Waals surface area contributed by atoms with Crippen LogP contribution in [0.15, 0.2) is 51.8 Å². The monoisotopic (exact) mass is 367 g/mol. The maximum absolute atomic E-state index is 12.8. The molecule has 0 saturated carbocycles. The molecule has 0 radical (unpaired) electrons. The molecule has 0 aromatic heterocycles. The quantitative estimate of drug-likeness (QED) is 0.808. The van der Waals surface area contributed by atoms with E-state index in [9.17, 15) is 8.42 Å². The van der Waals surface area contributed by atoms with Crippen molar-refractivity contribution < 1.29 is 8.42 Å². The lowest BCUT2D eigenvalue weighted by atomic mass is 10.2. The summed E-state index contributed by atoms with van der Waals surface area (Å²) >= 11 is 3.45. The number of aryl methyl sites for hydroxylation is 1. The van der Waals surface area contributed by atoms with Crippen LogP contribution in [0.2, 0.25) is 0 Å². The molecular formula is C16H18BrNO2S. The molecule has 0 heterocycles. The number of halogens is 1. The highest BCUT2D eigenvalue weighted by atomic mass is 79.9. The summed E-state index contributed by atoms with van der Waals surface area (Å²) < 4.78 is 28.0. The molecule has 3 nitrogen and oxygen atoms in total. The second-order valence-electron chi connectivity index (χ2n) is 4.87. The number of hydrogen-bond acceptors (Lipinski definition) is 2. The molecule has 0 N–H and O–H groups in total. The van der Waals surface area contributed by atoms with Crippen LogP contribution in [0.1, 0.15) is 18.1 Å². The number of benzene rings is 2. The lowest BCUT2D eigenvalue weighted by molar-refractivity contribution is 0.591. The fourth-order valence-corrected chi connectivity index (χ4v) is 4.06. The van der Waals surface area contributed by atoms with Crippen LogP contribution in [-0.2, 0) is 10.0 Å². The molecule has 2 aromatic rings. The molecular weight excluding hydrogens is 350 g/mol. The summed E-state index contributed by atoms with van der Waals surface area (Å²) in [5, 5.41) is 0. The highest BCUT2D eigenvalue weighted by Crippen LogP contribution is 2.30. The molecule has 0 aliphatic rings. The lowest BCUT2D eigenvalue weighted by Crippen LogP contribution is -2.31. The van der Waals surface area contributed by atoms with Crippen LogP contribution < -0.4 is 4.31 Å². The summed E-state index contributed by atoms with van der Waals surface area (Å²) in [4.78, 5) is 0.314. The number of sulfonamides is 1. The minimum atomic E-state index is -3.55. The van der Waals surface area contributed by atoms with Gasteiger partial charge in [0, 0.05) is 11.0 Å². The van der Waals surface area contributed by atoms with Gasteiger partial charge in [-0.05, 0) is 50.6 Å². The lowest BCUT2D eigenvalue weighted by Gasteiger charge is -2.25. The molecule has 0 fully saturated rings. The van der Waals surface area contributed by atoms with Gasteiger partial charge < -0.3 is 0 Å². The summed E-state index contributed by atoms with van der Waals surface area (Å²) in [6.07, 6.45) is 0. The maximum atomic E-state index is 12.8. The topological polar surface area (TPSA) is 37.4 Å². The van der Waals surface area contributed by atoms with Gasteiger partial charge >= 0.3 is 0 Å². The van der Waals surface area contributed by atoms with Gasteiger partial charge in [-0.2, -0.15) is 0 Å². The van der Waals surface area contributed by atoms with E-state index in [0.29, 0.717) is 17.1 Å². The van der Waals surface area contributed by atoms with Gasteiger partial charge in [0.1, 0.15) is 0 Å². The predicted molar refractivity (Wildman–Crippen MR) is 90.3 cm³/mol. The van der Waals surface area contributed by atoms with Crippen LogP contribution in [0, 0.1) is 13.8 Å². The van der Waals surface area contributed by atoms with Crippen LogP contribution in [0.4, 0.5) is 5.69 Å². The van der Waals surface area contributed by atoms with Crippen molar-refractivity contribution in [2.24, 2.45) is 0 Å². The summed E-state index contributed by atoms with van der Waals surface area (Å²) in [7, 11) is -3.55. The van der Waals surface area contributed by atoms with E-state index in [0.717, 1.165) is 15.6 Å². The minimum absolute atomic E-state index is 0.314. The average Bonchev–Trinajstić information content (AvgIpc) is 2.44. The Morgan fingerprint density at radius 2 is 1.67 bits per heavy atom. The van der Waals surface area contributed by atoms with Crippen molar-refractivity contribution in [3.63, 3.8) is 0 Å². The molecule has 0 amide bonds. The first-order chi connectivity index (χ1) is 9.87. The fraction of sp³-hybridized carbons (Fsp3) is 0.250. The molecule has 0 unspecified atom stereocenters. The molecule has 0 aliphatic heterocycles. The van der Waals surface area contributed by atoms with Crippen LogP contribution in [-0.4, -0.2) is 15.0 Å². The summed E-state index contributed by atoms with van der Waals surface area (Å²) in [6.45, 7) is 6.07. The van der Waals surface area contributed by atoms with E-state index in [4.69, 9.17) is 0 Å². The van der Waals surface area contributed by atoms with Gasteiger partial charge in [-0.1, -0.05) is 39.7 Å². The van der Waals surface area contributed by atoms with Gasteiger partial charge in [0.15, 0.2) is 0 Å². The second kappa shape index (κ2) is 6.20. The van der Waals surface area contributed by atoms with Gasteiger partial charge in [0.25, 0.3) is 10.0 Å². The normalized spacial score (nSPS) is 11.4. The Morgan fingerprint density at radius 1 is 1.05 bits per heavy atom. The van der Waals surface area contributed by atoms with Gasteiger partial charge in [0.2, 0.25) is 0 Å². The van der Waals surface area contributed by atoms with Crippen molar-refractivity contribution in [1.29, 1.82) is 0 Å². The van der Waals surface area contributed by atoms with E-state index >= 15 is 0 Å². The van der Waals surface area contributed by atoms with Crippen molar-refractivity contribution in [2.75, 3.05) is 10.8 Å². The van der Waals surface area contributed by atoms with Crippen molar-refractivity contribution in [2.45, 2.75) is 25.7 Å². The predicted octanol–water partition coefficient (Wildman–Crippen LogP) is 4.28. The Kier molecular flexibility index (Phi) is 4.74. The van der Waals surface area contributed by atoms with Crippen LogP contribution in [0.5, 0.6) is 0 Å². The van der Waals surface area contributed by atoms with Gasteiger partial charge in [-0.25, -0.2) is 8.42 Å². The first-order valence-corrected chi connectivity index (χ1v) is 8.95. The molecule has 2 rings (SSSR count). The standard InChI is InChI=1S/C16H18BrNO2S/c1-4-18(16-7-5-6-15(17)13(16)3)21(19,20)14-10-8-12(2)9-11-14/h5-11H,4H2,1-3H3. The number of hydrogen-bond donors (Lipinski definition) is 0. The minimum Gasteiger partial charge on any atom is -0.266 e. The van der Waals surface area contributed by atoms with Crippen LogP contribution in [0.3, 0.4) is 0 Å². The average molecular weight is 368 g/mol. The van der Waals surface area contributed by atoms with Crippen LogP contribution >= 0.6 is 15.9 Å². The Hall–Kier alpha value is -1.33. The van der Waals surface area contributed by atoms with E-state index in [1.165, 1.54) is 4.31 Å². The molecule has 0 saturated heterocycles. The summed E-state index contributed by atoms with van der Waals surface area (Å²) in [5.74, 6) is 0. The van der Waals surface area contributed by atoms with E-state index in [1.807, 2.05) is 51.1 Å². The van der Waals surface area contributed by atoms with Crippen molar-refractivity contribution >= 4 is 31.6 Å². The fourth-order valence-electron chi connectivity index (χ4n) is 2.17. The van der Waals surface area contributed by atoms with E-state index in [-0.39, 0.29) is 0 Å². The van der Waals surface area contributed by atoms with Gasteiger partial charge in [-0.15, -0.1) is 0 Å². The SMILES string of the molecule is CCN(c1cccc(Br)c1C)S(=O)(=O)c1ccc(C)cc1. The molecule has 112 valence electrons. The second-order valence-corrected chi connectivity index (χ2v) is 7.58. The number of nitrogens with zero attached hydrogens (tertiary/aromatic N) is 1. The number of anilines is 1. The largest absolute Gasteiger partial charge is 0.266 e. The molecule has 0 spiro atoms. The van der Waals surface area contributed by atoms with Crippen molar-refractivity contribution in [3.05, 3.63) is 58.1 Å². The summed E-state index contributed by atoms with van der Waals surface area (Å²) in [5.41, 5.74) is 2.65. The van der Waals surface area contributed by atoms with Crippen LogP contribution in [0.25, 0.3) is 0 Å². The zero-order chi connectivity index (χ0) is 15.6. The Balaban J connectivity index is 2.54. The van der Waals surface area contributed by atoms with Crippen molar-refractivity contribution in [3.8, 4) is 0 Å². The Labute approximate surface area is 134 Å². The zero-order valence-electron chi connectivity index (χ0n) is 12.3. The summed E-state index contributed by atoms with van der Waals surface area (Å²) in [6, 6.07) is 12.5. The van der Waals surface area contributed by atoms with Gasteiger partial charge in [0.05, 0.1) is 10.6 Å². The van der Waals surface area contributed by atoms with E-state index < -0.39 is 10.0 Å². The van der Waals surface area contributed by atoms with Gasteiger partial charge in [-0.3, -0.25) is 4.31 Å². The first kappa shape index (κ1) is 16.0. The molecule has 5 heteroatoms. The molecule has 0 bridgehead atoms. The molecule has 0 aliphatic carbocycles. The van der Waals surface area contributed by atoms with Crippen molar-refractivity contribution in [1.82, 2.24) is 0 Å². The molecule has 21 heavy (non-hydrogen) atoms. The molecule has 0 atom stereocenters. The smallest absolute Gasteiger partial charge is 0.264 e. The first-order valence-electron chi connectivity index (χ1n) is 6.72. The third-order valence-electron chi connectivity index (χ3n) is 3.40. The zero-order valence-corrected chi connectivity index (χ0v) is 14.7. The Morgan fingerprint density at radius 3 is 2.24 bits per heavy atom.